The van der Waals surface area contributed by atoms with E-state index in [1.807, 2.05) is 19.1 Å². The molecule has 0 aliphatic heterocycles. The maximum Gasteiger partial charge on any atom is 0.302 e. The van der Waals surface area contributed by atoms with Gasteiger partial charge in [0.1, 0.15) is 17.3 Å². The van der Waals surface area contributed by atoms with Crippen LogP contribution in [0.15, 0.2) is 18.2 Å². The first-order valence-electron chi connectivity index (χ1n) is 12.2. The Kier molecular flexibility index (Phi) is 11.9. The maximum absolute atomic E-state index is 11.2. The molecule has 0 spiro atoms. The summed E-state index contributed by atoms with van der Waals surface area (Å²) in [5.74, 6) is 1.73. The molecule has 0 radical (unpaired) electrons. The van der Waals surface area contributed by atoms with E-state index in [-0.39, 0.29) is 24.6 Å². The van der Waals surface area contributed by atoms with Gasteiger partial charge in [-0.1, -0.05) is 19.4 Å². The lowest BCUT2D eigenvalue weighted by Crippen LogP contribution is -2.24. The molecule has 1 aromatic heterocycles. The fourth-order valence-corrected chi connectivity index (χ4v) is 4.16. The number of benzene rings is 1. The lowest BCUT2D eigenvalue weighted by molar-refractivity contribution is -0.141. The van der Waals surface area contributed by atoms with Crippen LogP contribution in [-0.4, -0.2) is 63.6 Å². The van der Waals surface area contributed by atoms with Crippen LogP contribution in [0, 0.1) is 6.92 Å². The van der Waals surface area contributed by atoms with Crippen LogP contribution in [0.2, 0.25) is 0 Å². The van der Waals surface area contributed by atoms with Gasteiger partial charge >= 0.3 is 5.97 Å². The van der Waals surface area contributed by atoms with Crippen molar-refractivity contribution in [2.45, 2.75) is 58.9 Å². The molecule has 1 aromatic carbocycles. The molecule has 0 aliphatic carbocycles. The highest BCUT2D eigenvalue weighted by atomic mass is 32.2. The second-order valence-corrected chi connectivity index (χ2v) is 10.3. The van der Waals surface area contributed by atoms with E-state index in [0.717, 1.165) is 35.9 Å². The number of hydrogen-bond donors (Lipinski definition) is 2. The Morgan fingerprint density at radius 2 is 1.92 bits per heavy atom. The van der Waals surface area contributed by atoms with Gasteiger partial charge in [0, 0.05) is 49.6 Å². The summed E-state index contributed by atoms with van der Waals surface area (Å²) in [5, 5.41) is 3.48. The average Bonchev–Trinajstić information content (AvgIpc) is 2.80. The number of nitrogens with two attached hydrogens (primary N) is 1. The van der Waals surface area contributed by atoms with Crippen molar-refractivity contribution in [3.8, 4) is 11.5 Å². The SMILES string of the molecule is CCCC(CCOC(C)=O)Nc1nc(N)nc(C)c1Cc1ccc(OCCCOS(C)(=O)=O)cc1OC. The van der Waals surface area contributed by atoms with E-state index >= 15 is 0 Å². The maximum atomic E-state index is 11.2. The first kappa shape index (κ1) is 30.1. The Hall–Kier alpha value is -3.12. The molecule has 0 saturated heterocycles. The smallest absolute Gasteiger partial charge is 0.302 e. The van der Waals surface area contributed by atoms with E-state index in [9.17, 15) is 13.2 Å². The zero-order chi connectivity index (χ0) is 27.4. The minimum atomic E-state index is -3.46. The van der Waals surface area contributed by atoms with E-state index in [2.05, 4.69) is 22.2 Å². The number of carbonyl (C=O) groups is 1. The summed E-state index contributed by atoms with van der Waals surface area (Å²) in [7, 11) is -1.88. The number of nitrogens with zero attached hydrogens (tertiary/aromatic N) is 2. The number of nitrogens with one attached hydrogen (secondary N) is 1. The quantitative estimate of drug-likeness (QED) is 0.184. The topological polar surface area (TPSA) is 152 Å². The summed E-state index contributed by atoms with van der Waals surface area (Å²) >= 11 is 0. The van der Waals surface area contributed by atoms with Gasteiger partial charge < -0.3 is 25.3 Å². The summed E-state index contributed by atoms with van der Waals surface area (Å²) in [6.07, 6.45) is 4.38. The van der Waals surface area contributed by atoms with Crippen LogP contribution in [0.25, 0.3) is 0 Å². The molecule has 1 heterocycles. The zero-order valence-corrected chi connectivity index (χ0v) is 23.0. The fourth-order valence-electron chi connectivity index (χ4n) is 3.73. The molecule has 2 rings (SSSR count). The number of ether oxygens (including phenoxy) is 3. The molecule has 0 fully saturated rings. The van der Waals surface area contributed by atoms with E-state index in [0.29, 0.717) is 49.8 Å². The summed E-state index contributed by atoms with van der Waals surface area (Å²) < 4.78 is 43.3. The number of nitrogen functional groups attached to an aromatic ring is 1. The molecular weight excluding hydrogens is 500 g/mol. The second-order valence-electron chi connectivity index (χ2n) is 8.63. The molecule has 0 aliphatic rings. The first-order valence-corrected chi connectivity index (χ1v) is 14.0. The van der Waals surface area contributed by atoms with Gasteiger partial charge in [0.15, 0.2) is 0 Å². The van der Waals surface area contributed by atoms with Gasteiger partial charge in [0.05, 0.1) is 33.2 Å². The molecule has 3 N–H and O–H groups in total. The summed E-state index contributed by atoms with van der Waals surface area (Å²) in [6.45, 7) is 6.04. The number of aryl methyl sites for hydroxylation is 1. The molecule has 12 heteroatoms. The Bertz CT molecular complexity index is 1140. The van der Waals surface area contributed by atoms with Crippen molar-refractivity contribution in [3.63, 3.8) is 0 Å². The van der Waals surface area contributed by atoms with E-state index in [1.165, 1.54) is 6.92 Å². The van der Waals surface area contributed by atoms with Crippen molar-refractivity contribution in [2.75, 3.05) is 44.2 Å². The molecule has 0 bridgehead atoms. The van der Waals surface area contributed by atoms with E-state index in [4.69, 9.17) is 24.1 Å². The molecule has 37 heavy (non-hydrogen) atoms. The van der Waals surface area contributed by atoms with Crippen molar-refractivity contribution in [3.05, 3.63) is 35.0 Å². The normalized spacial score (nSPS) is 12.1. The van der Waals surface area contributed by atoms with Gasteiger partial charge in [0.25, 0.3) is 10.1 Å². The number of esters is 1. The molecule has 11 nitrogen and oxygen atoms in total. The fraction of sp³-hybridized carbons (Fsp3) is 0.560. The van der Waals surface area contributed by atoms with E-state index in [1.54, 1.807) is 13.2 Å². The molecular formula is C25H38N4O7S. The first-order chi connectivity index (χ1) is 17.5. The van der Waals surface area contributed by atoms with Gasteiger partial charge in [0.2, 0.25) is 5.95 Å². The standard InChI is InChI=1S/C25H38N4O7S/c1-6-8-20(11-14-34-18(3)30)28-24-22(17(2)27-25(26)29-24)15-19-9-10-21(16-23(19)33-4)35-12-7-13-36-37(5,31)32/h9-10,16,20H,6-8,11-15H2,1-5H3,(H3,26,27,28,29). The summed E-state index contributed by atoms with van der Waals surface area (Å²) in [5.41, 5.74) is 8.50. The van der Waals surface area contributed by atoms with Gasteiger partial charge in [-0.25, -0.2) is 4.98 Å². The molecule has 0 saturated carbocycles. The minimum absolute atomic E-state index is 0.0427. The van der Waals surface area contributed by atoms with Crippen LogP contribution >= 0.6 is 0 Å². The van der Waals surface area contributed by atoms with Crippen LogP contribution in [0.4, 0.5) is 11.8 Å². The number of methoxy groups -OCH3 is 1. The van der Waals surface area contributed by atoms with Gasteiger partial charge in [-0.3, -0.25) is 8.98 Å². The average molecular weight is 539 g/mol. The third-order valence-electron chi connectivity index (χ3n) is 5.46. The van der Waals surface area contributed by atoms with Gasteiger partial charge in [-0.05, 0) is 25.0 Å². The highest BCUT2D eigenvalue weighted by molar-refractivity contribution is 7.85. The Labute approximate surface area is 219 Å². The van der Waals surface area contributed by atoms with Crippen molar-refractivity contribution in [1.29, 1.82) is 0 Å². The lowest BCUT2D eigenvalue weighted by atomic mass is 10.0. The Morgan fingerprint density at radius 3 is 2.57 bits per heavy atom. The molecule has 2 aromatic rings. The second kappa shape index (κ2) is 14.6. The van der Waals surface area contributed by atoms with Crippen molar-refractivity contribution < 1.29 is 31.6 Å². The lowest BCUT2D eigenvalue weighted by Gasteiger charge is -2.22. The molecule has 0 amide bonds. The number of carbonyl (C=O) groups excluding carboxylic acids is 1. The monoisotopic (exact) mass is 538 g/mol. The predicted octanol–water partition coefficient (Wildman–Crippen LogP) is 3.25. The minimum Gasteiger partial charge on any atom is -0.496 e. The van der Waals surface area contributed by atoms with Crippen LogP contribution in [0.1, 0.15) is 56.4 Å². The van der Waals surface area contributed by atoms with Crippen LogP contribution in [-0.2, 0) is 30.3 Å². The van der Waals surface area contributed by atoms with Crippen LogP contribution < -0.4 is 20.5 Å². The van der Waals surface area contributed by atoms with E-state index < -0.39 is 10.1 Å². The third kappa shape index (κ3) is 10.8. The highest BCUT2D eigenvalue weighted by Gasteiger charge is 2.18. The summed E-state index contributed by atoms with van der Waals surface area (Å²) in [6, 6.07) is 5.56. The van der Waals surface area contributed by atoms with Crippen molar-refractivity contribution in [2.24, 2.45) is 0 Å². The molecule has 1 atom stereocenters. The van der Waals surface area contributed by atoms with Gasteiger partial charge in [-0.2, -0.15) is 13.4 Å². The molecule has 206 valence electrons. The number of anilines is 2. The number of rotatable bonds is 16. The van der Waals surface area contributed by atoms with Crippen LogP contribution in [0.5, 0.6) is 11.5 Å². The van der Waals surface area contributed by atoms with Gasteiger partial charge in [-0.15, -0.1) is 0 Å². The zero-order valence-electron chi connectivity index (χ0n) is 22.2. The molecule has 1 unspecified atom stereocenters. The Morgan fingerprint density at radius 1 is 1.16 bits per heavy atom. The van der Waals surface area contributed by atoms with Crippen molar-refractivity contribution >= 4 is 27.9 Å². The van der Waals surface area contributed by atoms with Crippen molar-refractivity contribution in [1.82, 2.24) is 9.97 Å². The Balaban J connectivity index is 2.17. The summed E-state index contributed by atoms with van der Waals surface area (Å²) in [4.78, 5) is 20.0. The number of hydrogen-bond acceptors (Lipinski definition) is 11. The largest absolute Gasteiger partial charge is 0.496 e. The number of aromatic nitrogens is 2. The predicted molar refractivity (Wildman–Crippen MR) is 141 cm³/mol. The van der Waals surface area contributed by atoms with Crippen LogP contribution in [0.3, 0.4) is 0 Å². The third-order valence-corrected chi connectivity index (χ3v) is 6.06. The highest BCUT2D eigenvalue weighted by Crippen LogP contribution is 2.30.